The van der Waals surface area contributed by atoms with Crippen LogP contribution in [0, 0.1) is 0 Å². The summed E-state index contributed by atoms with van der Waals surface area (Å²) in [5.74, 6) is -0.313. The van der Waals surface area contributed by atoms with Gasteiger partial charge in [-0.15, -0.1) is 0 Å². The number of ether oxygens (including phenoxy) is 1. The van der Waals surface area contributed by atoms with E-state index in [0.29, 0.717) is 25.3 Å². The Hall–Kier alpha value is -0.950. The number of carbonyl (C=O) groups is 2. The highest BCUT2D eigenvalue weighted by Crippen LogP contribution is 2.02. The molecule has 0 aliphatic carbocycles. The molecule has 0 saturated carbocycles. The molecular formula is C12H24N2O4S. The van der Waals surface area contributed by atoms with Crippen molar-refractivity contribution >= 4 is 23.8 Å². The zero-order valence-electron chi connectivity index (χ0n) is 12.0. The predicted molar refractivity (Wildman–Crippen MR) is 76.7 cm³/mol. The van der Waals surface area contributed by atoms with Crippen LogP contribution in [-0.2, 0) is 9.53 Å². The first-order chi connectivity index (χ1) is 8.88. The molecule has 0 aromatic carbocycles. The lowest BCUT2D eigenvalue weighted by Gasteiger charge is -2.21. The van der Waals surface area contributed by atoms with Crippen LogP contribution in [-0.4, -0.2) is 66.4 Å². The van der Waals surface area contributed by atoms with Gasteiger partial charge < -0.3 is 20.1 Å². The van der Waals surface area contributed by atoms with Gasteiger partial charge in [0.25, 0.3) is 0 Å². The third-order valence-corrected chi connectivity index (χ3v) is 3.07. The smallest absolute Gasteiger partial charge is 0.326 e. The number of nitrogens with one attached hydrogen (secondary N) is 1. The molecule has 0 rings (SSSR count). The molecule has 0 radical (unpaired) electrons. The van der Waals surface area contributed by atoms with Gasteiger partial charge in [-0.1, -0.05) is 0 Å². The maximum Gasteiger partial charge on any atom is 0.326 e. The number of carboxylic acid groups (broad SMARTS) is 1. The Morgan fingerprint density at radius 2 is 2.05 bits per heavy atom. The maximum absolute atomic E-state index is 11.8. The predicted octanol–water partition coefficient (Wildman–Crippen LogP) is 1.26. The summed E-state index contributed by atoms with van der Waals surface area (Å²) in [7, 11) is 1.62. The van der Waals surface area contributed by atoms with Crippen molar-refractivity contribution in [3.63, 3.8) is 0 Å². The second-order valence-electron chi connectivity index (χ2n) is 4.46. The molecule has 0 aliphatic rings. The van der Waals surface area contributed by atoms with Crippen LogP contribution in [0.3, 0.4) is 0 Å². The van der Waals surface area contributed by atoms with Gasteiger partial charge in [-0.3, -0.25) is 0 Å². The van der Waals surface area contributed by atoms with E-state index in [9.17, 15) is 9.59 Å². The van der Waals surface area contributed by atoms with Gasteiger partial charge in [0, 0.05) is 13.6 Å². The Morgan fingerprint density at radius 1 is 1.42 bits per heavy atom. The van der Waals surface area contributed by atoms with Gasteiger partial charge in [-0.05, 0) is 32.3 Å². The van der Waals surface area contributed by atoms with E-state index in [0.717, 1.165) is 0 Å². The van der Waals surface area contributed by atoms with Crippen LogP contribution in [0.5, 0.6) is 0 Å². The minimum Gasteiger partial charge on any atom is -0.480 e. The van der Waals surface area contributed by atoms with E-state index in [4.69, 9.17) is 9.84 Å². The van der Waals surface area contributed by atoms with Gasteiger partial charge in [0.05, 0.1) is 12.7 Å². The highest BCUT2D eigenvalue weighted by atomic mass is 32.2. The van der Waals surface area contributed by atoms with E-state index in [2.05, 4.69) is 5.32 Å². The first kappa shape index (κ1) is 18.0. The molecule has 0 aromatic rings. The summed E-state index contributed by atoms with van der Waals surface area (Å²) in [6.45, 7) is 4.70. The lowest BCUT2D eigenvalue weighted by atomic mass is 10.2. The normalized spacial score (nSPS) is 12.3. The third kappa shape index (κ3) is 8.72. The minimum atomic E-state index is -1.01. The maximum atomic E-state index is 11.8. The van der Waals surface area contributed by atoms with E-state index in [-0.39, 0.29) is 12.1 Å². The Bertz CT molecular complexity index is 287. The van der Waals surface area contributed by atoms with E-state index in [1.54, 1.807) is 18.8 Å². The first-order valence-electron chi connectivity index (χ1n) is 6.23. The van der Waals surface area contributed by atoms with Crippen LogP contribution >= 0.6 is 11.8 Å². The van der Waals surface area contributed by atoms with E-state index in [1.165, 1.54) is 4.90 Å². The number of carbonyl (C=O) groups excluding carboxylic acids is 1. The second kappa shape index (κ2) is 9.91. The summed E-state index contributed by atoms with van der Waals surface area (Å²) < 4.78 is 5.34. The van der Waals surface area contributed by atoms with Crippen molar-refractivity contribution in [2.24, 2.45) is 0 Å². The highest BCUT2D eigenvalue weighted by molar-refractivity contribution is 7.98. The highest BCUT2D eigenvalue weighted by Gasteiger charge is 2.21. The molecule has 0 heterocycles. The summed E-state index contributed by atoms with van der Waals surface area (Å²) in [5, 5.41) is 11.5. The van der Waals surface area contributed by atoms with Crippen LogP contribution < -0.4 is 5.32 Å². The van der Waals surface area contributed by atoms with E-state index >= 15 is 0 Å². The van der Waals surface area contributed by atoms with Gasteiger partial charge in [0.2, 0.25) is 0 Å². The Balaban J connectivity index is 4.12. The molecule has 0 aromatic heterocycles. The number of rotatable bonds is 9. The summed E-state index contributed by atoms with van der Waals surface area (Å²) in [5.41, 5.74) is 0. The van der Waals surface area contributed by atoms with Crippen molar-refractivity contribution < 1.29 is 19.4 Å². The zero-order chi connectivity index (χ0) is 14.8. The molecule has 0 bridgehead atoms. The fraction of sp³-hybridized carbons (Fsp3) is 0.833. The molecule has 6 nitrogen and oxygen atoms in total. The van der Waals surface area contributed by atoms with Crippen molar-refractivity contribution in [2.75, 3.05) is 32.2 Å². The molecule has 1 atom stereocenters. The van der Waals surface area contributed by atoms with Crippen molar-refractivity contribution in [3.05, 3.63) is 0 Å². The molecular weight excluding hydrogens is 268 g/mol. The molecule has 0 spiro atoms. The number of thioether (sulfide) groups is 1. The SMILES string of the molecule is CSCC[C@H](NC(=O)N(C)CCOC(C)C)C(=O)O. The first-order valence-corrected chi connectivity index (χ1v) is 7.62. The summed E-state index contributed by atoms with van der Waals surface area (Å²) in [4.78, 5) is 24.2. The lowest BCUT2D eigenvalue weighted by Crippen LogP contribution is -2.47. The van der Waals surface area contributed by atoms with Crippen LogP contribution in [0.25, 0.3) is 0 Å². The van der Waals surface area contributed by atoms with Gasteiger partial charge in [-0.2, -0.15) is 11.8 Å². The summed E-state index contributed by atoms with van der Waals surface area (Å²) in [6, 6.07) is -1.23. The molecule has 2 amide bonds. The van der Waals surface area contributed by atoms with Crippen LogP contribution in [0.15, 0.2) is 0 Å². The topological polar surface area (TPSA) is 78.9 Å². The number of hydrogen-bond donors (Lipinski definition) is 2. The van der Waals surface area contributed by atoms with E-state index in [1.807, 2.05) is 20.1 Å². The molecule has 0 saturated heterocycles. The van der Waals surface area contributed by atoms with Gasteiger partial charge >= 0.3 is 12.0 Å². The molecule has 0 unspecified atom stereocenters. The largest absolute Gasteiger partial charge is 0.480 e. The standard InChI is InChI=1S/C12H24N2O4S/c1-9(2)18-7-6-14(3)12(17)13-10(11(15)16)5-8-19-4/h9-10H,5-8H2,1-4H3,(H,13,17)(H,15,16)/t10-/m0/s1. The number of amides is 2. The zero-order valence-corrected chi connectivity index (χ0v) is 12.8. The molecule has 19 heavy (non-hydrogen) atoms. The summed E-state index contributed by atoms with van der Waals surface area (Å²) in [6.07, 6.45) is 2.43. The molecule has 0 fully saturated rings. The lowest BCUT2D eigenvalue weighted by molar-refractivity contribution is -0.139. The van der Waals surface area contributed by atoms with Crippen molar-refractivity contribution in [1.29, 1.82) is 0 Å². The Labute approximate surface area is 118 Å². The fourth-order valence-corrected chi connectivity index (χ4v) is 1.75. The van der Waals surface area contributed by atoms with Crippen LogP contribution in [0.1, 0.15) is 20.3 Å². The number of hydrogen-bond acceptors (Lipinski definition) is 4. The van der Waals surface area contributed by atoms with Crippen molar-refractivity contribution in [3.8, 4) is 0 Å². The average Bonchev–Trinajstić information content (AvgIpc) is 2.33. The van der Waals surface area contributed by atoms with Gasteiger partial charge in [0.15, 0.2) is 0 Å². The Kier molecular flexibility index (Phi) is 9.42. The second-order valence-corrected chi connectivity index (χ2v) is 5.45. The Morgan fingerprint density at radius 3 is 2.53 bits per heavy atom. The number of likely N-dealkylation sites (N-methyl/N-ethyl adjacent to an activating group) is 1. The van der Waals surface area contributed by atoms with Crippen molar-refractivity contribution in [1.82, 2.24) is 10.2 Å². The quantitative estimate of drug-likeness (QED) is 0.669. The average molecular weight is 292 g/mol. The minimum absolute atomic E-state index is 0.116. The van der Waals surface area contributed by atoms with E-state index < -0.39 is 12.0 Å². The fourth-order valence-electron chi connectivity index (χ4n) is 1.28. The number of nitrogens with zero attached hydrogens (tertiary/aromatic N) is 1. The van der Waals surface area contributed by atoms with Crippen LogP contribution in [0.4, 0.5) is 4.79 Å². The molecule has 7 heteroatoms. The molecule has 0 aliphatic heterocycles. The van der Waals surface area contributed by atoms with Crippen LogP contribution in [0.2, 0.25) is 0 Å². The monoisotopic (exact) mass is 292 g/mol. The molecule has 112 valence electrons. The molecule has 2 N–H and O–H groups in total. The van der Waals surface area contributed by atoms with Gasteiger partial charge in [0.1, 0.15) is 6.04 Å². The van der Waals surface area contributed by atoms with Gasteiger partial charge in [-0.25, -0.2) is 9.59 Å². The summed E-state index contributed by atoms with van der Waals surface area (Å²) >= 11 is 1.55. The number of urea groups is 1. The third-order valence-electron chi connectivity index (χ3n) is 2.43. The number of aliphatic carboxylic acids is 1. The number of carboxylic acids is 1. The van der Waals surface area contributed by atoms with Crippen molar-refractivity contribution in [2.45, 2.75) is 32.4 Å².